The number of carbonyl (C=O) groups is 1. The standard InChI is InChI=1S/C20H16ClF3N2O2/c1-3-28-19(27)15-10-25-17-8-12(20(22,23)24)5-7-14(17)18(15)26-16-9-13(21)6-4-11(16)2/h4-10H,3H2,1-2H3,(H,25,26). The molecule has 1 aromatic heterocycles. The molecule has 0 aliphatic carbocycles. The fraction of sp³-hybridized carbons (Fsp3) is 0.200. The maximum Gasteiger partial charge on any atom is 0.416 e. The molecule has 3 aromatic rings. The van der Waals surface area contributed by atoms with Crippen molar-refractivity contribution in [1.29, 1.82) is 0 Å². The van der Waals surface area contributed by atoms with Crippen molar-refractivity contribution in [2.45, 2.75) is 20.0 Å². The SMILES string of the molecule is CCOC(=O)c1cnc2cc(C(F)(F)F)ccc2c1Nc1cc(Cl)ccc1C. The lowest BCUT2D eigenvalue weighted by atomic mass is 10.1. The van der Waals surface area contributed by atoms with E-state index in [1.54, 1.807) is 25.1 Å². The number of nitrogens with zero attached hydrogens (tertiary/aromatic N) is 1. The second-order valence-electron chi connectivity index (χ2n) is 6.08. The summed E-state index contributed by atoms with van der Waals surface area (Å²) in [4.78, 5) is 16.4. The van der Waals surface area contributed by atoms with E-state index < -0.39 is 17.7 Å². The lowest BCUT2D eigenvalue weighted by Crippen LogP contribution is -2.10. The lowest BCUT2D eigenvalue weighted by Gasteiger charge is -2.16. The van der Waals surface area contributed by atoms with E-state index >= 15 is 0 Å². The number of alkyl halides is 3. The molecular weight excluding hydrogens is 393 g/mol. The number of fused-ring (bicyclic) bond motifs is 1. The molecule has 0 saturated carbocycles. The number of hydrogen-bond acceptors (Lipinski definition) is 4. The summed E-state index contributed by atoms with van der Waals surface area (Å²) in [7, 11) is 0. The van der Waals surface area contributed by atoms with E-state index in [4.69, 9.17) is 16.3 Å². The number of pyridine rings is 1. The van der Waals surface area contributed by atoms with Gasteiger partial charge in [0.1, 0.15) is 5.56 Å². The summed E-state index contributed by atoms with van der Waals surface area (Å²) in [6, 6.07) is 8.36. The average molecular weight is 409 g/mol. The highest BCUT2D eigenvalue weighted by atomic mass is 35.5. The van der Waals surface area contributed by atoms with Gasteiger partial charge in [0.05, 0.1) is 23.4 Å². The summed E-state index contributed by atoms with van der Waals surface area (Å²) in [5, 5.41) is 3.95. The number of ether oxygens (including phenoxy) is 1. The number of halogens is 4. The molecule has 2 aromatic carbocycles. The third kappa shape index (κ3) is 4.04. The Morgan fingerprint density at radius 2 is 1.96 bits per heavy atom. The van der Waals surface area contributed by atoms with Gasteiger partial charge in [-0.3, -0.25) is 4.98 Å². The monoisotopic (exact) mass is 408 g/mol. The Morgan fingerprint density at radius 1 is 1.21 bits per heavy atom. The number of rotatable bonds is 4. The van der Waals surface area contributed by atoms with Crippen LogP contribution in [-0.4, -0.2) is 17.6 Å². The number of nitrogens with one attached hydrogen (secondary N) is 1. The Hall–Kier alpha value is -2.80. The van der Waals surface area contributed by atoms with Crippen molar-refractivity contribution >= 4 is 39.8 Å². The Balaban J connectivity index is 2.21. The zero-order valence-corrected chi connectivity index (χ0v) is 15.8. The summed E-state index contributed by atoms with van der Waals surface area (Å²) in [6.45, 7) is 3.66. The molecule has 8 heteroatoms. The zero-order chi connectivity index (χ0) is 20.5. The molecule has 0 aliphatic heterocycles. The number of aromatic nitrogens is 1. The summed E-state index contributed by atoms with van der Waals surface area (Å²) in [5.41, 5.74) is 1.17. The van der Waals surface area contributed by atoms with Crippen molar-refractivity contribution < 1.29 is 22.7 Å². The van der Waals surface area contributed by atoms with Gasteiger partial charge in [0.2, 0.25) is 0 Å². The van der Waals surface area contributed by atoms with Gasteiger partial charge >= 0.3 is 12.1 Å². The molecule has 3 rings (SSSR count). The van der Waals surface area contributed by atoms with Crippen molar-refractivity contribution in [2.24, 2.45) is 0 Å². The molecule has 0 saturated heterocycles. The van der Waals surface area contributed by atoms with Gasteiger partial charge in [-0.05, 0) is 43.7 Å². The minimum atomic E-state index is -4.49. The van der Waals surface area contributed by atoms with Crippen LogP contribution in [0, 0.1) is 6.92 Å². The van der Waals surface area contributed by atoms with E-state index in [9.17, 15) is 18.0 Å². The molecule has 0 atom stereocenters. The highest BCUT2D eigenvalue weighted by molar-refractivity contribution is 6.31. The number of aryl methyl sites for hydroxylation is 1. The van der Waals surface area contributed by atoms with E-state index in [0.29, 0.717) is 21.8 Å². The molecule has 0 bridgehead atoms. The van der Waals surface area contributed by atoms with Crippen LogP contribution in [0.5, 0.6) is 0 Å². The Morgan fingerprint density at radius 3 is 2.64 bits per heavy atom. The van der Waals surface area contributed by atoms with Crippen LogP contribution in [0.4, 0.5) is 24.5 Å². The van der Waals surface area contributed by atoms with E-state index in [2.05, 4.69) is 10.3 Å². The van der Waals surface area contributed by atoms with Gasteiger partial charge in [-0.2, -0.15) is 13.2 Å². The fourth-order valence-corrected chi connectivity index (χ4v) is 2.90. The Labute approximate surface area is 164 Å². The number of carbonyl (C=O) groups excluding carboxylic acids is 1. The zero-order valence-electron chi connectivity index (χ0n) is 15.0. The van der Waals surface area contributed by atoms with Gasteiger partial charge in [0, 0.05) is 22.3 Å². The van der Waals surface area contributed by atoms with Gasteiger partial charge in [-0.15, -0.1) is 0 Å². The van der Waals surface area contributed by atoms with Crippen LogP contribution in [0.15, 0.2) is 42.6 Å². The first-order chi connectivity index (χ1) is 13.2. The van der Waals surface area contributed by atoms with Crippen molar-refractivity contribution in [1.82, 2.24) is 4.98 Å². The largest absolute Gasteiger partial charge is 0.462 e. The van der Waals surface area contributed by atoms with Crippen LogP contribution in [0.1, 0.15) is 28.4 Å². The summed E-state index contributed by atoms with van der Waals surface area (Å²) < 4.78 is 44.2. The predicted octanol–water partition coefficient (Wildman–Crippen LogP) is 6.14. The highest BCUT2D eigenvalue weighted by Crippen LogP contribution is 2.36. The van der Waals surface area contributed by atoms with Gasteiger partial charge in [0.25, 0.3) is 0 Å². The van der Waals surface area contributed by atoms with Crippen LogP contribution < -0.4 is 5.32 Å². The van der Waals surface area contributed by atoms with Crippen molar-refractivity contribution in [3.05, 3.63) is 64.3 Å². The second-order valence-corrected chi connectivity index (χ2v) is 6.52. The van der Waals surface area contributed by atoms with Crippen LogP contribution in [0.3, 0.4) is 0 Å². The molecule has 4 nitrogen and oxygen atoms in total. The molecule has 0 spiro atoms. The molecule has 0 radical (unpaired) electrons. The molecule has 28 heavy (non-hydrogen) atoms. The summed E-state index contributed by atoms with van der Waals surface area (Å²) in [6.07, 6.45) is -3.28. The Kier molecular flexibility index (Phi) is 5.47. The van der Waals surface area contributed by atoms with Crippen molar-refractivity contribution in [3.63, 3.8) is 0 Å². The van der Waals surface area contributed by atoms with E-state index in [0.717, 1.165) is 17.7 Å². The Bertz CT molecular complexity index is 1050. The molecule has 0 amide bonds. The van der Waals surface area contributed by atoms with Crippen LogP contribution in [-0.2, 0) is 10.9 Å². The third-order valence-electron chi connectivity index (χ3n) is 4.15. The van der Waals surface area contributed by atoms with Gasteiger partial charge in [-0.25, -0.2) is 4.79 Å². The topological polar surface area (TPSA) is 51.2 Å². The highest BCUT2D eigenvalue weighted by Gasteiger charge is 2.31. The molecule has 0 fully saturated rings. The maximum atomic E-state index is 13.0. The first kappa shape index (κ1) is 19.9. The van der Waals surface area contributed by atoms with E-state index in [1.807, 2.05) is 6.92 Å². The minimum absolute atomic E-state index is 0.102. The van der Waals surface area contributed by atoms with E-state index in [-0.39, 0.29) is 17.7 Å². The maximum absolute atomic E-state index is 13.0. The normalized spacial score (nSPS) is 11.5. The van der Waals surface area contributed by atoms with Gasteiger partial charge in [-0.1, -0.05) is 23.7 Å². The van der Waals surface area contributed by atoms with Crippen molar-refractivity contribution in [3.8, 4) is 0 Å². The second kappa shape index (κ2) is 7.67. The van der Waals surface area contributed by atoms with Crippen molar-refractivity contribution in [2.75, 3.05) is 11.9 Å². The molecular formula is C20H16ClF3N2O2. The first-order valence-electron chi connectivity index (χ1n) is 8.41. The van der Waals surface area contributed by atoms with E-state index in [1.165, 1.54) is 12.3 Å². The average Bonchev–Trinajstić information content (AvgIpc) is 2.63. The quantitative estimate of drug-likeness (QED) is 0.527. The number of benzene rings is 2. The number of hydrogen-bond donors (Lipinski definition) is 1. The van der Waals surface area contributed by atoms with Gasteiger partial charge in [0.15, 0.2) is 0 Å². The molecule has 1 N–H and O–H groups in total. The number of anilines is 2. The summed E-state index contributed by atoms with van der Waals surface area (Å²) >= 11 is 6.06. The molecule has 146 valence electrons. The van der Waals surface area contributed by atoms with Crippen LogP contribution in [0.25, 0.3) is 10.9 Å². The lowest BCUT2D eigenvalue weighted by molar-refractivity contribution is -0.137. The molecule has 1 heterocycles. The van der Waals surface area contributed by atoms with Crippen LogP contribution in [0.2, 0.25) is 5.02 Å². The first-order valence-corrected chi connectivity index (χ1v) is 8.78. The number of esters is 1. The minimum Gasteiger partial charge on any atom is -0.462 e. The van der Waals surface area contributed by atoms with Crippen LogP contribution >= 0.6 is 11.6 Å². The van der Waals surface area contributed by atoms with Gasteiger partial charge < -0.3 is 10.1 Å². The summed E-state index contributed by atoms with van der Waals surface area (Å²) in [5.74, 6) is -0.626. The molecule has 0 unspecified atom stereocenters. The predicted molar refractivity (Wildman–Crippen MR) is 102 cm³/mol. The fourth-order valence-electron chi connectivity index (χ4n) is 2.73. The smallest absolute Gasteiger partial charge is 0.416 e. The third-order valence-corrected chi connectivity index (χ3v) is 4.39. The molecule has 0 aliphatic rings.